The number of anilines is 1. The van der Waals surface area contributed by atoms with Gasteiger partial charge < -0.3 is 14.2 Å². The van der Waals surface area contributed by atoms with Crippen LogP contribution < -0.4 is 9.50 Å². The van der Waals surface area contributed by atoms with Crippen molar-refractivity contribution in [3.8, 4) is 5.75 Å². The number of hydrogen-bond acceptors (Lipinski definition) is 7. The zero-order chi connectivity index (χ0) is 24.0. The number of morpholine rings is 1. The number of sulfonamides is 1. The van der Waals surface area contributed by atoms with Gasteiger partial charge in [0, 0.05) is 29.9 Å². The third-order valence-electron chi connectivity index (χ3n) is 5.34. The zero-order valence-electron chi connectivity index (χ0n) is 18.3. The highest BCUT2D eigenvalue weighted by Gasteiger charge is 2.33. The number of ether oxygens (including phenoxy) is 1. The molecule has 0 bridgehead atoms. The summed E-state index contributed by atoms with van der Waals surface area (Å²) in [5.74, 6) is -0.336. The number of fused-ring (bicyclic) bond motifs is 1. The van der Waals surface area contributed by atoms with E-state index < -0.39 is 26.0 Å². The first-order chi connectivity index (χ1) is 15.4. The first kappa shape index (κ1) is 23.4. The second kappa shape index (κ2) is 8.56. The van der Waals surface area contributed by atoms with Gasteiger partial charge in [-0.3, -0.25) is 4.79 Å². The summed E-state index contributed by atoms with van der Waals surface area (Å²) in [6, 6.07) is 9.05. The highest BCUT2D eigenvalue weighted by Crippen LogP contribution is 2.30. The highest BCUT2D eigenvalue weighted by atomic mass is 32.2. The van der Waals surface area contributed by atoms with E-state index in [4.69, 9.17) is 8.92 Å². The summed E-state index contributed by atoms with van der Waals surface area (Å²) in [5.41, 5.74) is 1.62. The van der Waals surface area contributed by atoms with Crippen molar-refractivity contribution in [1.82, 2.24) is 4.31 Å². The minimum absolute atomic E-state index is 0.0726. The number of amides is 1. The van der Waals surface area contributed by atoms with Crippen LogP contribution in [0, 0.1) is 6.92 Å². The molecule has 9 nitrogen and oxygen atoms in total. The lowest BCUT2D eigenvalue weighted by Crippen LogP contribution is -2.48. The van der Waals surface area contributed by atoms with Gasteiger partial charge in [-0.15, -0.1) is 0 Å². The maximum absolute atomic E-state index is 13.3. The van der Waals surface area contributed by atoms with E-state index in [1.807, 2.05) is 13.8 Å². The van der Waals surface area contributed by atoms with Crippen LogP contribution in [0.2, 0.25) is 0 Å². The van der Waals surface area contributed by atoms with Crippen molar-refractivity contribution in [2.24, 2.45) is 0 Å². The predicted molar refractivity (Wildman–Crippen MR) is 123 cm³/mol. The van der Waals surface area contributed by atoms with Crippen molar-refractivity contribution in [3.63, 3.8) is 0 Å². The molecule has 1 fully saturated rings. The van der Waals surface area contributed by atoms with Crippen LogP contribution in [0.25, 0.3) is 6.08 Å². The van der Waals surface area contributed by atoms with Crippen LogP contribution >= 0.6 is 0 Å². The third kappa shape index (κ3) is 4.96. The number of carbonyl (C=O) groups is 1. The molecule has 2 aliphatic heterocycles. The van der Waals surface area contributed by atoms with Crippen molar-refractivity contribution in [1.29, 1.82) is 0 Å². The average molecular weight is 493 g/mol. The quantitative estimate of drug-likeness (QED) is 0.652. The van der Waals surface area contributed by atoms with Gasteiger partial charge in [0.25, 0.3) is 5.91 Å². The molecule has 2 aromatic rings. The fourth-order valence-electron chi connectivity index (χ4n) is 3.83. The largest absolute Gasteiger partial charge is 0.379 e. The van der Waals surface area contributed by atoms with Crippen molar-refractivity contribution >= 4 is 37.8 Å². The predicted octanol–water partition coefficient (Wildman–Crippen LogP) is 2.74. The van der Waals surface area contributed by atoms with Gasteiger partial charge in [0.2, 0.25) is 10.0 Å². The Morgan fingerprint density at radius 2 is 1.79 bits per heavy atom. The van der Waals surface area contributed by atoms with Gasteiger partial charge in [0.15, 0.2) is 0 Å². The standard InChI is InChI=1S/C22H24N2O7S2/c1-14-4-5-18(11-21(14)33(28,29)24-12-15(2)30-16(3)13-24)22(25)23-19-6-7-20-17(10-19)8-9-32(26,27)31-20/h4-11,15-16H,12-13H2,1-3H3,(H,23,25)/t15-,16+. The number of carbonyl (C=O) groups excluding carboxylic acids is 1. The minimum atomic E-state index is -3.82. The first-order valence-electron chi connectivity index (χ1n) is 10.3. The number of rotatable bonds is 4. The summed E-state index contributed by atoms with van der Waals surface area (Å²) in [5, 5.41) is 3.65. The van der Waals surface area contributed by atoms with E-state index in [-0.39, 0.29) is 41.5 Å². The molecule has 176 valence electrons. The number of benzene rings is 2. The zero-order valence-corrected chi connectivity index (χ0v) is 19.9. The summed E-state index contributed by atoms with van der Waals surface area (Å²) in [6.45, 7) is 5.81. The summed E-state index contributed by atoms with van der Waals surface area (Å²) < 4.78 is 61.6. The molecule has 2 heterocycles. The molecule has 0 unspecified atom stereocenters. The van der Waals surface area contributed by atoms with Gasteiger partial charge >= 0.3 is 10.1 Å². The molecule has 1 N–H and O–H groups in total. The van der Waals surface area contributed by atoms with Crippen molar-refractivity contribution < 1.29 is 30.6 Å². The summed E-state index contributed by atoms with van der Waals surface area (Å²) in [6.07, 6.45) is 0.921. The van der Waals surface area contributed by atoms with Crippen LogP contribution in [0.4, 0.5) is 5.69 Å². The Bertz CT molecular complexity index is 1340. The Hall–Kier alpha value is -2.73. The molecule has 0 radical (unpaired) electrons. The van der Waals surface area contributed by atoms with Gasteiger partial charge in [0.05, 0.1) is 22.5 Å². The molecular formula is C22H24N2O7S2. The molecule has 11 heteroatoms. The van der Waals surface area contributed by atoms with Crippen LogP contribution in [0.15, 0.2) is 46.7 Å². The maximum Gasteiger partial charge on any atom is 0.332 e. The van der Waals surface area contributed by atoms with E-state index in [1.165, 1.54) is 28.6 Å². The molecular weight excluding hydrogens is 468 g/mol. The number of hydrogen-bond donors (Lipinski definition) is 1. The lowest BCUT2D eigenvalue weighted by molar-refractivity contribution is -0.0441. The van der Waals surface area contributed by atoms with Gasteiger partial charge in [-0.1, -0.05) is 6.07 Å². The van der Waals surface area contributed by atoms with Crippen LogP contribution in [-0.4, -0.2) is 52.3 Å². The Morgan fingerprint density at radius 1 is 1.09 bits per heavy atom. The fraction of sp³-hybridized carbons (Fsp3) is 0.318. The molecule has 2 atom stereocenters. The Balaban J connectivity index is 1.58. The highest BCUT2D eigenvalue weighted by molar-refractivity contribution is 7.90. The maximum atomic E-state index is 13.3. The van der Waals surface area contributed by atoms with E-state index in [1.54, 1.807) is 25.1 Å². The smallest absolute Gasteiger partial charge is 0.332 e. The van der Waals surface area contributed by atoms with Crippen LogP contribution in [0.5, 0.6) is 5.75 Å². The van der Waals surface area contributed by atoms with Crippen molar-refractivity contribution in [2.75, 3.05) is 18.4 Å². The Labute approximate surface area is 193 Å². The van der Waals surface area contributed by atoms with Crippen molar-refractivity contribution in [3.05, 3.63) is 58.5 Å². The second-order valence-corrected chi connectivity index (χ2v) is 11.5. The number of nitrogens with zero attached hydrogens (tertiary/aromatic N) is 1. The van der Waals surface area contributed by atoms with E-state index in [0.29, 0.717) is 16.8 Å². The lowest BCUT2D eigenvalue weighted by atomic mass is 10.1. The first-order valence-corrected chi connectivity index (χ1v) is 13.2. The Morgan fingerprint density at radius 3 is 2.48 bits per heavy atom. The van der Waals surface area contributed by atoms with E-state index >= 15 is 0 Å². The molecule has 1 saturated heterocycles. The van der Waals surface area contributed by atoms with Crippen LogP contribution in [0.3, 0.4) is 0 Å². The van der Waals surface area contributed by atoms with Crippen LogP contribution in [-0.2, 0) is 24.9 Å². The SMILES string of the molecule is Cc1ccc(C(=O)Nc2ccc3c(c2)C=CS(=O)(=O)O3)cc1S(=O)(=O)N1C[C@@H](C)O[C@@H](C)C1. The topological polar surface area (TPSA) is 119 Å². The van der Waals surface area contributed by atoms with Gasteiger partial charge in [0.1, 0.15) is 5.75 Å². The number of aryl methyl sites for hydroxylation is 1. The molecule has 33 heavy (non-hydrogen) atoms. The monoisotopic (exact) mass is 492 g/mol. The normalized spacial score (nSPS) is 22.3. The van der Waals surface area contributed by atoms with Gasteiger partial charge in [-0.2, -0.15) is 12.7 Å². The minimum Gasteiger partial charge on any atom is -0.379 e. The molecule has 0 saturated carbocycles. The summed E-state index contributed by atoms with van der Waals surface area (Å²) in [4.78, 5) is 12.9. The molecule has 2 aliphatic rings. The summed E-state index contributed by atoms with van der Waals surface area (Å²) >= 11 is 0. The average Bonchev–Trinajstić information content (AvgIpc) is 2.73. The molecule has 4 rings (SSSR count). The van der Waals surface area contributed by atoms with Crippen LogP contribution in [0.1, 0.15) is 35.3 Å². The van der Waals surface area contributed by atoms with E-state index in [0.717, 1.165) is 5.41 Å². The summed E-state index contributed by atoms with van der Waals surface area (Å²) in [7, 11) is -7.57. The third-order valence-corrected chi connectivity index (χ3v) is 8.20. The van der Waals surface area contributed by atoms with Gasteiger partial charge in [-0.25, -0.2) is 8.42 Å². The molecule has 1 amide bonds. The molecule has 2 aromatic carbocycles. The fourth-order valence-corrected chi connectivity index (χ4v) is 6.44. The number of nitrogens with one attached hydrogen (secondary N) is 1. The molecule has 0 spiro atoms. The van der Waals surface area contributed by atoms with Crippen molar-refractivity contribution in [2.45, 2.75) is 37.9 Å². The van der Waals surface area contributed by atoms with E-state index in [9.17, 15) is 21.6 Å². The molecule has 0 aromatic heterocycles. The van der Waals surface area contributed by atoms with E-state index in [2.05, 4.69) is 5.32 Å². The second-order valence-electron chi connectivity index (χ2n) is 8.15. The lowest BCUT2D eigenvalue weighted by Gasteiger charge is -2.34. The Kier molecular flexibility index (Phi) is 6.08. The van der Waals surface area contributed by atoms with Gasteiger partial charge in [-0.05, 0) is 62.7 Å². The molecule has 0 aliphatic carbocycles.